The molecule has 2 aliphatic rings. The largest absolute Gasteiger partial charge is 0.205 e. The van der Waals surface area contributed by atoms with Crippen LogP contribution < -0.4 is 0 Å². The van der Waals surface area contributed by atoms with Gasteiger partial charge in [-0.25, -0.2) is 8.78 Å². The van der Waals surface area contributed by atoms with Gasteiger partial charge in [0.2, 0.25) is 0 Å². The highest BCUT2D eigenvalue weighted by atomic mass is 28.2. The van der Waals surface area contributed by atoms with E-state index in [0.717, 1.165) is 31.2 Å². The van der Waals surface area contributed by atoms with E-state index in [0.29, 0.717) is 16.9 Å². The molecule has 0 atom stereocenters. The summed E-state index contributed by atoms with van der Waals surface area (Å²) in [7, 11) is 0.142. The van der Waals surface area contributed by atoms with Crippen molar-refractivity contribution in [2.45, 2.75) is 82.7 Å². The molecule has 0 spiro atoms. The molecule has 2 aliphatic carbocycles. The predicted molar refractivity (Wildman–Crippen MR) is 114 cm³/mol. The minimum absolute atomic E-state index is 0.142. The van der Waals surface area contributed by atoms with Crippen molar-refractivity contribution in [2.24, 2.45) is 11.3 Å². The van der Waals surface area contributed by atoms with E-state index in [2.05, 4.69) is 25.6 Å². The SMILES string of the molecule is CCC1(C=CC2CCC(c3cc(F)c(C#N)c(F)c3)CC2)CCC([SiH2]C)CC1. The van der Waals surface area contributed by atoms with E-state index in [4.69, 9.17) is 5.26 Å². The summed E-state index contributed by atoms with van der Waals surface area (Å²) in [5.41, 5.74) is 1.71. The highest BCUT2D eigenvalue weighted by Crippen LogP contribution is 2.45. The van der Waals surface area contributed by atoms with Crippen molar-refractivity contribution in [1.82, 2.24) is 0 Å². The zero-order chi connectivity index (χ0) is 20.1. The van der Waals surface area contributed by atoms with Crippen LogP contribution in [0.5, 0.6) is 0 Å². The molecule has 152 valence electrons. The Labute approximate surface area is 171 Å². The molecular weight excluding hydrogens is 368 g/mol. The van der Waals surface area contributed by atoms with Gasteiger partial charge in [0.05, 0.1) is 0 Å². The molecule has 0 bridgehead atoms. The lowest BCUT2D eigenvalue weighted by molar-refractivity contribution is 0.245. The van der Waals surface area contributed by atoms with Crippen LogP contribution in [-0.2, 0) is 0 Å². The molecule has 2 fully saturated rings. The van der Waals surface area contributed by atoms with E-state index < -0.39 is 17.2 Å². The van der Waals surface area contributed by atoms with Gasteiger partial charge >= 0.3 is 0 Å². The van der Waals surface area contributed by atoms with Crippen molar-refractivity contribution in [2.75, 3.05) is 0 Å². The number of benzene rings is 1. The first-order valence-electron chi connectivity index (χ1n) is 11.1. The van der Waals surface area contributed by atoms with Gasteiger partial charge in [0.25, 0.3) is 0 Å². The number of halogens is 2. The first-order chi connectivity index (χ1) is 13.5. The lowest BCUT2D eigenvalue weighted by Gasteiger charge is -2.38. The van der Waals surface area contributed by atoms with Crippen LogP contribution in [0.25, 0.3) is 0 Å². The Balaban J connectivity index is 1.58. The summed E-state index contributed by atoms with van der Waals surface area (Å²) < 4.78 is 27.9. The Hall–Kier alpha value is -1.47. The Kier molecular flexibility index (Phi) is 7.09. The van der Waals surface area contributed by atoms with Gasteiger partial charge < -0.3 is 0 Å². The van der Waals surface area contributed by atoms with E-state index in [9.17, 15) is 8.78 Å². The molecular formula is C24H33F2NSi. The number of allylic oxidation sites excluding steroid dienone is 2. The average Bonchev–Trinajstić information content (AvgIpc) is 2.73. The third kappa shape index (κ3) is 4.74. The Morgan fingerprint density at radius 1 is 1.11 bits per heavy atom. The first-order valence-corrected chi connectivity index (χ1v) is 13.3. The molecule has 0 saturated heterocycles. The lowest BCUT2D eigenvalue weighted by Crippen LogP contribution is -2.25. The molecule has 1 aromatic rings. The van der Waals surface area contributed by atoms with E-state index in [1.165, 1.54) is 44.2 Å². The van der Waals surface area contributed by atoms with Gasteiger partial charge in [0.15, 0.2) is 0 Å². The molecule has 0 aromatic heterocycles. The molecule has 0 aliphatic heterocycles. The van der Waals surface area contributed by atoms with Crippen LogP contribution >= 0.6 is 0 Å². The van der Waals surface area contributed by atoms with Crippen LogP contribution in [0.2, 0.25) is 12.1 Å². The summed E-state index contributed by atoms with van der Waals surface area (Å²) in [4.78, 5) is 0. The normalized spacial score (nSPS) is 31.5. The smallest absolute Gasteiger partial charge is 0.144 e. The van der Waals surface area contributed by atoms with E-state index in [1.807, 2.05) is 0 Å². The summed E-state index contributed by atoms with van der Waals surface area (Å²) in [5, 5.41) is 8.84. The molecule has 4 heteroatoms. The number of hydrogen-bond donors (Lipinski definition) is 0. The quantitative estimate of drug-likeness (QED) is 0.400. The van der Waals surface area contributed by atoms with Crippen LogP contribution in [0.15, 0.2) is 24.3 Å². The van der Waals surface area contributed by atoms with E-state index in [1.54, 1.807) is 6.07 Å². The third-order valence-electron chi connectivity index (χ3n) is 7.52. The molecule has 1 aromatic carbocycles. The average molecular weight is 402 g/mol. The fourth-order valence-electron chi connectivity index (χ4n) is 5.22. The highest BCUT2D eigenvalue weighted by Gasteiger charge is 2.31. The molecule has 1 nitrogen and oxygen atoms in total. The zero-order valence-corrected chi connectivity index (χ0v) is 18.7. The third-order valence-corrected chi connectivity index (χ3v) is 9.50. The van der Waals surface area contributed by atoms with Gasteiger partial charge in [-0.05, 0) is 79.9 Å². The Morgan fingerprint density at radius 3 is 2.21 bits per heavy atom. The van der Waals surface area contributed by atoms with Crippen molar-refractivity contribution < 1.29 is 8.78 Å². The molecule has 28 heavy (non-hydrogen) atoms. The minimum atomic E-state index is -0.727. The van der Waals surface area contributed by atoms with Crippen LogP contribution in [0.3, 0.4) is 0 Å². The van der Waals surface area contributed by atoms with Crippen molar-refractivity contribution >= 4 is 9.52 Å². The van der Waals surface area contributed by atoms with Gasteiger partial charge in [-0.15, -0.1) is 0 Å². The summed E-state index contributed by atoms with van der Waals surface area (Å²) in [5.74, 6) is -0.664. The Morgan fingerprint density at radius 2 is 1.71 bits per heavy atom. The van der Waals surface area contributed by atoms with E-state index >= 15 is 0 Å². The van der Waals surface area contributed by atoms with Crippen molar-refractivity contribution in [1.29, 1.82) is 5.26 Å². The summed E-state index contributed by atoms with van der Waals surface area (Å²) in [6.07, 6.45) is 15.9. The second kappa shape index (κ2) is 9.35. The number of rotatable bonds is 5. The highest BCUT2D eigenvalue weighted by molar-refractivity contribution is 6.35. The molecule has 0 amide bonds. The van der Waals surface area contributed by atoms with E-state index in [-0.39, 0.29) is 15.4 Å². The van der Waals surface area contributed by atoms with Gasteiger partial charge in [-0.2, -0.15) is 5.26 Å². The topological polar surface area (TPSA) is 23.8 Å². The van der Waals surface area contributed by atoms with Gasteiger partial charge in [0.1, 0.15) is 23.3 Å². The second-order valence-electron chi connectivity index (χ2n) is 9.01. The van der Waals surface area contributed by atoms with Crippen LogP contribution in [0.4, 0.5) is 8.78 Å². The van der Waals surface area contributed by atoms with Crippen molar-refractivity contribution in [3.05, 3.63) is 47.0 Å². The van der Waals surface area contributed by atoms with Gasteiger partial charge in [0, 0.05) is 9.52 Å². The van der Waals surface area contributed by atoms with Crippen LogP contribution in [0.1, 0.15) is 81.8 Å². The summed E-state index contributed by atoms with van der Waals surface area (Å²) in [6, 6.07) is 4.34. The standard InChI is InChI=1S/C24H33F2NSi/c1-3-24(12-9-20(28-2)10-13-24)11-8-17-4-6-18(7-5-17)19-14-22(25)21(16-27)23(26)15-19/h8,11,14-15,17-18,20H,3-7,9-10,12-13,28H2,1-2H3. The van der Waals surface area contributed by atoms with Crippen molar-refractivity contribution in [3.63, 3.8) is 0 Å². The molecule has 0 radical (unpaired) electrons. The number of nitrogens with zero attached hydrogens (tertiary/aromatic N) is 1. The van der Waals surface area contributed by atoms with Gasteiger partial charge in [-0.3, -0.25) is 0 Å². The molecule has 0 heterocycles. The fraction of sp³-hybridized carbons (Fsp3) is 0.625. The maximum atomic E-state index is 13.9. The molecule has 2 saturated carbocycles. The van der Waals surface area contributed by atoms with Crippen LogP contribution in [-0.4, -0.2) is 9.52 Å². The fourth-order valence-corrected chi connectivity index (χ4v) is 6.44. The maximum absolute atomic E-state index is 13.9. The molecule has 0 unspecified atom stereocenters. The zero-order valence-electron chi connectivity index (χ0n) is 17.3. The second-order valence-corrected chi connectivity index (χ2v) is 11.0. The minimum Gasteiger partial charge on any atom is -0.205 e. The van der Waals surface area contributed by atoms with Crippen molar-refractivity contribution in [3.8, 4) is 6.07 Å². The number of nitriles is 1. The lowest BCUT2D eigenvalue weighted by atomic mass is 9.70. The predicted octanol–water partition coefficient (Wildman–Crippen LogP) is 6.64. The number of hydrogen-bond acceptors (Lipinski definition) is 1. The Bertz CT molecular complexity index is 712. The summed E-state index contributed by atoms with van der Waals surface area (Å²) >= 11 is 0. The maximum Gasteiger partial charge on any atom is 0.144 e. The molecule has 0 N–H and O–H groups in total. The molecule has 3 rings (SSSR count). The first kappa shape index (κ1) is 21.2. The van der Waals surface area contributed by atoms with Gasteiger partial charge in [-0.1, -0.05) is 44.0 Å². The monoisotopic (exact) mass is 401 g/mol. The van der Waals surface area contributed by atoms with Crippen LogP contribution in [0, 0.1) is 34.3 Å². The summed E-state index contributed by atoms with van der Waals surface area (Å²) in [6.45, 7) is 4.78.